The number of benzene rings is 2. The third-order valence-electron chi connectivity index (χ3n) is 4.10. The number of hydrogen-bond donors (Lipinski definition) is 1. The van der Waals surface area contributed by atoms with Gasteiger partial charge in [-0.1, -0.05) is 63.2 Å². The fraction of sp³-hybridized carbons (Fsp3) is 0.400. The first-order valence-corrected chi connectivity index (χ1v) is 7.79. The average molecular weight is 298 g/mol. The van der Waals surface area contributed by atoms with E-state index in [1.165, 1.54) is 11.1 Å². The first kappa shape index (κ1) is 16.6. The number of rotatable bonds is 5. The normalized spacial score (nSPS) is 13.0. The first-order chi connectivity index (χ1) is 10.5. The molecule has 1 unspecified atom stereocenters. The van der Waals surface area contributed by atoms with E-state index >= 15 is 0 Å². The Kier molecular flexibility index (Phi) is 5.25. The van der Waals surface area contributed by atoms with Crippen LogP contribution in [0.3, 0.4) is 0 Å². The lowest BCUT2D eigenvalue weighted by atomic mass is 9.85. The van der Waals surface area contributed by atoms with Gasteiger partial charge in [0.15, 0.2) is 0 Å². The van der Waals surface area contributed by atoms with Gasteiger partial charge >= 0.3 is 0 Å². The topological polar surface area (TPSA) is 29.5 Å². The smallest absolute Gasteiger partial charge is 0.122 e. The molecule has 2 heteroatoms. The maximum Gasteiger partial charge on any atom is 0.122 e. The molecule has 0 spiro atoms. The molecule has 0 bridgehead atoms. The van der Waals surface area contributed by atoms with E-state index in [1.807, 2.05) is 24.3 Å². The van der Waals surface area contributed by atoms with Gasteiger partial charge in [-0.15, -0.1) is 0 Å². The van der Waals surface area contributed by atoms with Crippen LogP contribution >= 0.6 is 0 Å². The van der Waals surface area contributed by atoms with Crippen molar-refractivity contribution in [1.29, 1.82) is 0 Å². The van der Waals surface area contributed by atoms with Gasteiger partial charge in [0.2, 0.25) is 0 Å². The Morgan fingerprint density at radius 2 is 1.64 bits per heavy atom. The second kappa shape index (κ2) is 6.97. The molecule has 0 aliphatic heterocycles. The van der Waals surface area contributed by atoms with Crippen LogP contribution in [0.2, 0.25) is 0 Å². The molecule has 22 heavy (non-hydrogen) atoms. The van der Waals surface area contributed by atoms with Crippen molar-refractivity contribution in [3.8, 4) is 5.75 Å². The Hall–Kier alpha value is -1.80. The standard InChI is InChI=1S/C20H26O2/c1-20(2,3)17-11-9-15(10-12-17)13-16(14-21)18-7-5-6-8-19(18)22-4/h5-12,16,21H,13-14H2,1-4H3. The Bertz CT molecular complexity index is 594. The Morgan fingerprint density at radius 3 is 2.18 bits per heavy atom. The summed E-state index contributed by atoms with van der Waals surface area (Å²) in [7, 11) is 1.67. The molecule has 1 N–H and O–H groups in total. The summed E-state index contributed by atoms with van der Waals surface area (Å²) in [6.07, 6.45) is 0.807. The van der Waals surface area contributed by atoms with Crippen molar-refractivity contribution in [2.75, 3.05) is 13.7 Å². The zero-order valence-electron chi connectivity index (χ0n) is 14.0. The van der Waals surface area contributed by atoms with E-state index in [-0.39, 0.29) is 17.9 Å². The second-order valence-electron chi connectivity index (χ2n) is 6.77. The fourth-order valence-electron chi connectivity index (χ4n) is 2.70. The van der Waals surface area contributed by atoms with Gasteiger partial charge in [0.25, 0.3) is 0 Å². The molecule has 0 saturated heterocycles. The maximum absolute atomic E-state index is 9.79. The minimum absolute atomic E-state index is 0.0524. The zero-order valence-corrected chi connectivity index (χ0v) is 14.0. The molecule has 0 fully saturated rings. The molecule has 2 nitrogen and oxygen atoms in total. The summed E-state index contributed by atoms with van der Waals surface area (Å²) in [5.41, 5.74) is 3.79. The first-order valence-electron chi connectivity index (χ1n) is 7.79. The zero-order chi connectivity index (χ0) is 16.2. The molecular formula is C20H26O2. The van der Waals surface area contributed by atoms with Gasteiger partial charge < -0.3 is 9.84 Å². The van der Waals surface area contributed by atoms with Gasteiger partial charge in [-0.05, 0) is 34.6 Å². The van der Waals surface area contributed by atoms with Crippen molar-refractivity contribution in [3.05, 3.63) is 65.2 Å². The lowest BCUT2D eigenvalue weighted by Crippen LogP contribution is -2.12. The van der Waals surface area contributed by atoms with Crippen LogP contribution < -0.4 is 4.74 Å². The third-order valence-corrected chi connectivity index (χ3v) is 4.10. The molecule has 118 valence electrons. The summed E-state index contributed by atoms with van der Waals surface area (Å²) < 4.78 is 5.42. The average Bonchev–Trinajstić information content (AvgIpc) is 2.52. The van der Waals surface area contributed by atoms with E-state index in [2.05, 4.69) is 45.0 Å². The molecule has 0 radical (unpaired) electrons. The van der Waals surface area contributed by atoms with Crippen molar-refractivity contribution >= 4 is 0 Å². The van der Waals surface area contributed by atoms with Crippen molar-refractivity contribution in [2.45, 2.75) is 38.5 Å². The molecule has 0 heterocycles. The Labute approximate surface area is 133 Å². The predicted molar refractivity (Wildman–Crippen MR) is 91.7 cm³/mol. The van der Waals surface area contributed by atoms with E-state index in [4.69, 9.17) is 4.74 Å². The number of para-hydroxylation sites is 1. The van der Waals surface area contributed by atoms with E-state index in [1.54, 1.807) is 7.11 Å². The van der Waals surface area contributed by atoms with E-state index in [0.717, 1.165) is 17.7 Å². The lowest BCUT2D eigenvalue weighted by Gasteiger charge is -2.21. The van der Waals surface area contributed by atoms with E-state index in [9.17, 15) is 5.11 Å². The predicted octanol–water partition coefficient (Wildman–Crippen LogP) is 4.31. The van der Waals surface area contributed by atoms with Crippen LogP contribution in [-0.4, -0.2) is 18.8 Å². The van der Waals surface area contributed by atoms with Gasteiger partial charge in [-0.25, -0.2) is 0 Å². The molecule has 2 aromatic rings. The third kappa shape index (κ3) is 3.89. The second-order valence-corrected chi connectivity index (χ2v) is 6.77. The van der Waals surface area contributed by atoms with Gasteiger partial charge in [0.05, 0.1) is 13.7 Å². The summed E-state index contributed by atoms with van der Waals surface area (Å²) in [6, 6.07) is 16.6. The van der Waals surface area contributed by atoms with Crippen molar-refractivity contribution < 1.29 is 9.84 Å². The molecule has 0 amide bonds. The number of ether oxygens (including phenoxy) is 1. The minimum Gasteiger partial charge on any atom is -0.496 e. The minimum atomic E-state index is 0.0524. The largest absolute Gasteiger partial charge is 0.496 e. The van der Waals surface area contributed by atoms with Gasteiger partial charge in [0, 0.05) is 5.92 Å². The van der Waals surface area contributed by atoms with Crippen LogP contribution in [0.4, 0.5) is 0 Å². The van der Waals surface area contributed by atoms with E-state index in [0.29, 0.717) is 0 Å². The highest BCUT2D eigenvalue weighted by Crippen LogP contribution is 2.29. The van der Waals surface area contributed by atoms with E-state index < -0.39 is 0 Å². The van der Waals surface area contributed by atoms with Crippen LogP contribution in [0, 0.1) is 0 Å². The summed E-state index contributed by atoms with van der Waals surface area (Å²) in [5, 5.41) is 9.79. The Balaban J connectivity index is 2.20. The molecule has 0 aromatic heterocycles. The number of hydrogen-bond acceptors (Lipinski definition) is 2. The van der Waals surface area contributed by atoms with Crippen LogP contribution in [0.25, 0.3) is 0 Å². The van der Waals surface area contributed by atoms with Crippen molar-refractivity contribution in [1.82, 2.24) is 0 Å². The van der Waals surface area contributed by atoms with Gasteiger partial charge in [0.1, 0.15) is 5.75 Å². The van der Waals surface area contributed by atoms with Crippen molar-refractivity contribution in [2.24, 2.45) is 0 Å². The quantitative estimate of drug-likeness (QED) is 0.891. The molecule has 2 rings (SSSR count). The molecule has 2 aromatic carbocycles. The number of aliphatic hydroxyl groups excluding tert-OH is 1. The van der Waals surface area contributed by atoms with Crippen LogP contribution in [-0.2, 0) is 11.8 Å². The monoisotopic (exact) mass is 298 g/mol. The lowest BCUT2D eigenvalue weighted by molar-refractivity contribution is 0.261. The van der Waals surface area contributed by atoms with Crippen LogP contribution in [0.5, 0.6) is 5.75 Å². The molecule has 1 atom stereocenters. The summed E-state index contributed by atoms with van der Waals surface area (Å²) in [4.78, 5) is 0. The molecule has 0 saturated carbocycles. The summed E-state index contributed by atoms with van der Waals surface area (Å²) in [5.74, 6) is 0.893. The highest BCUT2D eigenvalue weighted by molar-refractivity contribution is 5.38. The number of methoxy groups -OCH3 is 1. The van der Waals surface area contributed by atoms with Gasteiger partial charge in [-0.2, -0.15) is 0 Å². The fourth-order valence-corrected chi connectivity index (χ4v) is 2.70. The van der Waals surface area contributed by atoms with Crippen molar-refractivity contribution in [3.63, 3.8) is 0 Å². The molecule has 0 aliphatic rings. The highest BCUT2D eigenvalue weighted by atomic mass is 16.5. The summed E-state index contributed by atoms with van der Waals surface area (Å²) in [6.45, 7) is 6.76. The maximum atomic E-state index is 9.79. The van der Waals surface area contributed by atoms with Crippen LogP contribution in [0.1, 0.15) is 43.4 Å². The summed E-state index contributed by atoms with van der Waals surface area (Å²) >= 11 is 0. The highest BCUT2D eigenvalue weighted by Gasteiger charge is 2.17. The number of aliphatic hydroxyl groups is 1. The molecular weight excluding hydrogens is 272 g/mol. The van der Waals surface area contributed by atoms with Crippen LogP contribution in [0.15, 0.2) is 48.5 Å². The SMILES string of the molecule is COc1ccccc1C(CO)Cc1ccc(C(C)(C)C)cc1. The Morgan fingerprint density at radius 1 is 1.00 bits per heavy atom. The molecule has 0 aliphatic carbocycles. The van der Waals surface area contributed by atoms with Gasteiger partial charge in [-0.3, -0.25) is 0 Å².